The van der Waals surface area contributed by atoms with Crippen LogP contribution >= 0.6 is 11.6 Å². The zero-order valence-corrected chi connectivity index (χ0v) is 14.7. The van der Waals surface area contributed by atoms with Crippen LogP contribution in [0.3, 0.4) is 0 Å². The number of nitrogens with one attached hydrogen (secondary N) is 2. The number of carbonyl (C=O) groups excluding carboxylic acids is 1. The second-order valence-corrected chi connectivity index (χ2v) is 6.96. The lowest BCUT2D eigenvalue weighted by molar-refractivity contribution is 0.0941. The minimum absolute atomic E-state index is 0.210. The molecule has 5 nitrogen and oxygen atoms in total. The lowest BCUT2D eigenvalue weighted by Crippen LogP contribution is -2.37. The number of amides is 1. The topological polar surface area (TPSA) is 74.8 Å². The van der Waals surface area contributed by atoms with Crippen molar-refractivity contribution in [3.63, 3.8) is 0 Å². The van der Waals surface area contributed by atoms with Crippen LogP contribution in [-0.4, -0.2) is 22.6 Å². The molecule has 0 fully saturated rings. The van der Waals surface area contributed by atoms with Crippen molar-refractivity contribution >= 4 is 28.3 Å². The Morgan fingerprint density at radius 2 is 1.76 bits per heavy atom. The summed E-state index contributed by atoms with van der Waals surface area (Å²) in [5.74, 6) is -0.325. The second-order valence-electron chi connectivity index (χ2n) is 6.52. The molecule has 1 heterocycles. The Bertz CT molecular complexity index is 978. The zero-order valence-electron chi connectivity index (χ0n) is 14.0. The SMILES string of the molecule is CC(C)(CNC(=O)c1n[nH]c(=O)c2ccccc12)c1ccc(Cl)cc1. The number of nitrogens with zero attached hydrogens (tertiary/aromatic N) is 1. The van der Waals surface area contributed by atoms with Crippen LogP contribution in [0.15, 0.2) is 53.3 Å². The van der Waals surface area contributed by atoms with Crippen molar-refractivity contribution in [2.45, 2.75) is 19.3 Å². The second kappa shape index (κ2) is 6.69. The Morgan fingerprint density at radius 3 is 2.44 bits per heavy atom. The highest BCUT2D eigenvalue weighted by Crippen LogP contribution is 2.24. The molecule has 0 aliphatic carbocycles. The molecular formula is C19H18ClN3O2. The van der Waals surface area contributed by atoms with Crippen molar-refractivity contribution in [1.82, 2.24) is 15.5 Å². The number of fused-ring (bicyclic) bond motifs is 1. The van der Waals surface area contributed by atoms with Crippen molar-refractivity contribution in [2.24, 2.45) is 0 Å². The number of benzene rings is 2. The van der Waals surface area contributed by atoms with Crippen molar-refractivity contribution < 1.29 is 4.79 Å². The van der Waals surface area contributed by atoms with Crippen LogP contribution in [0.1, 0.15) is 29.9 Å². The van der Waals surface area contributed by atoms with E-state index in [1.165, 1.54) is 0 Å². The summed E-state index contributed by atoms with van der Waals surface area (Å²) < 4.78 is 0. The van der Waals surface area contributed by atoms with Crippen LogP contribution in [0.5, 0.6) is 0 Å². The first-order valence-electron chi connectivity index (χ1n) is 7.90. The van der Waals surface area contributed by atoms with E-state index >= 15 is 0 Å². The van der Waals surface area contributed by atoms with Crippen LogP contribution in [-0.2, 0) is 5.41 Å². The van der Waals surface area contributed by atoms with E-state index in [4.69, 9.17) is 11.6 Å². The van der Waals surface area contributed by atoms with Gasteiger partial charge in [-0.1, -0.05) is 55.8 Å². The molecule has 2 aromatic carbocycles. The maximum Gasteiger partial charge on any atom is 0.272 e. The minimum Gasteiger partial charge on any atom is -0.350 e. The van der Waals surface area contributed by atoms with E-state index in [0.717, 1.165) is 5.56 Å². The van der Waals surface area contributed by atoms with Gasteiger partial charge in [0.1, 0.15) is 0 Å². The number of hydrogen-bond donors (Lipinski definition) is 2. The van der Waals surface area contributed by atoms with Gasteiger partial charge in [0.25, 0.3) is 11.5 Å². The molecule has 1 aromatic heterocycles. The maximum atomic E-state index is 12.6. The monoisotopic (exact) mass is 355 g/mol. The summed E-state index contributed by atoms with van der Waals surface area (Å²) in [6.45, 7) is 4.49. The molecule has 2 N–H and O–H groups in total. The third kappa shape index (κ3) is 3.56. The molecule has 0 aliphatic rings. The van der Waals surface area contributed by atoms with E-state index in [2.05, 4.69) is 15.5 Å². The van der Waals surface area contributed by atoms with Gasteiger partial charge < -0.3 is 5.32 Å². The normalized spacial score (nSPS) is 11.5. The Morgan fingerprint density at radius 1 is 1.12 bits per heavy atom. The number of halogens is 1. The molecule has 0 saturated carbocycles. The highest BCUT2D eigenvalue weighted by atomic mass is 35.5. The number of hydrogen-bond acceptors (Lipinski definition) is 3. The summed E-state index contributed by atoms with van der Waals surface area (Å²) in [6, 6.07) is 14.5. The van der Waals surface area contributed by atoms with Crippen molar-refractivity contribution in [2.75, 3.05) is 6.54 Å². The van der Waals surface area contributed by atoms with E-state index in [0.29, 0.717) is 22.3 Å². The van der Waals surface area contributed by atoms with Gasteiger partial charge in [-0.3, -0.25) is 9.59 Å². The summed E-state index contributed by atoms with van der Waals surface area (Å²) in [6.07, 6.45) is 0. The first-order chi connectivity index (χ1) is 11.9. The summed E-state index contributed by atoms with van der Waals surface area (Å²) >= 11 is 5.93. The molecule has 3 aromatic rings. The molecule has 0 unspecified atom stereocenters. The molecule has 0 aliphatic heterocycles. The van der Waals surface area contributed by atoms with Crippen LogP contribution in [0.4, 0.5) is 0 Å². The molecule has 0 spiro atoms. The van der Waals surface area contributed by atoms with Gasteiger partial charge in [-0.25, -0.2) is 5.10 Å². The van der Waals surface area contributed by atoms with Gasteiger partial charge in [-0.15, -0.1) is 0 Å². The highest BCUT2D eigenvalue weighted by Gasteiger charge is 2.23. The van der Waals surface area contributed by atoms with Crippen LogP contribution in [0.25, 0.3) is 10.8 Å². The summed E-state index contributed by atoms with van der Waals surface area (Å²) in [7, 11) is 0. The smallest absolute Gasteiger partial charge is 0.272 e. The van der Waals surface area contributed by atoms with E-state index < -0.39 is 0 Å². The molecule has 0 radical (unpaired) electrons. The minimum atomic E-state index is -0.325. The number of aromatic nitrogens is 2. The van der Waals surface area contributed by atoms with Crippen LogP contribution in [0, 0.1) is 0 Å². The van der Waals surface area contributed by atoms with Gasteiger partial charge in [-0.05, 0) is 23.8 Å². The van der Waals surface area contributed by atoms with Gasteiger partial charge in [0.15, 0.2) is 5.69 Å². The van der Waals surface area contributed by atoms with Crippen LogP contribution in [0.2, 0.25) is 5.02 Å². The average Bonchev–Trinajstić information content (AvgIpc) is 2.61. The Hall–Kier alpha value is -2.66. The summed E-state index contributed by atoms with van der Waals surface area (Å²) in [5, 5.41) is 10.9. The fourth-order valence-electron chi connectivity index (χ4n) is 2.68. The fourth-order valence-corrected chi connectivity index (χ4v) is 2.80. The molecule has 0 bridgehead atoms. The van der Waals surface area contributed by atoms with E-state index in [-0.39, 0.29) is 22.6 Å². The Labute approximate surface area is 150 Å². The third-order valence-electron chi connectivity index (χ3n) is 4.23. The van der Waals surface area contributed by atoms with Crippen molar-refractivity contribution in [3.05, 3.63) is 75.2 Å². The molecule has 3 rings (SSSR count). The van der Waals surface area contributed by atoms with Crippen molar-refractivity contribution in [3.8, 4) is 0 Å². The largest absolute Gasteiger partial charge is 0.350 e. The predicted molar refractivity (Wildman–Crippen MR) is 99.2 cm³/mol. The lowest BCUT2D eigenvalue weighted by Gasteiger charge is -2.25. The average molecular weight is 356 g/mol. The first-order valence-corrected chi connectivity index (χ1v) is 8.28. The number of rotatable bonds is 4. The Kier molecular flexibility index (Phi) is 4.59. The van der Waals surface area contributed by atoms with Crippen molar-refractivity contribution in [1.29, 1.82) is 0 Å². The standard InChI is InChI=1S/C19H18ClN3O2/c1-19(2,12-7-9-13(20)10-8-12)11-21-18(25)16-14-5-3-4-6-15(14)17(24)23-22-16/h3-10H,11H2,1-2H3,(H,21,25)(H,23,24). The van der Waals surface area contributed by atoms with E-state index in [1.807, 2.05) is 38.1 Å². The molecule has 6 heteroatoms. The quantitative estimate of drug-likeness (QED) is 0.754. The van der Waals surface area contributed by atoms with Gasteiger partial charge in [0.2, 0.25) is 0 Å². The Balaban J connectivity index is 1.82. The third-order valence-corrected chi connectivity index (χ3v) is 4.48. The summed E-state index contributed by atoms with van der Waals surface area (Å²) in [4.78, 5) is 24.4. The molecule has 0 saturated heterocycles. The van der Waals surface area contributed by atoms with E-state index in [1.54, 1.807) is 24.3 Å². The summed E-state index contributed by atoms with van der Waals surface area (Å²) in [5.41, 5.74) is 0.686. The van der Waals surface area contributed by atoms with Gasteiger partial charge >= 0.3 is 0 Å². The molecule has 128 valence electrons. The van der Waals surface area contributed by atoms with Gasteiger partial charge in [0, 0.05) is 22.4 Å². The maximum absolute atomic E-state index is 12.6. The highest BCUT2D eigenvalue weighted by molar-refractivity contribution is 6.30. The molecule has 1 amide bonds. The fraction of sp³-hybridized carbons (Fsp3) is 0.211. The van der Waals surface area contributed by atoms with Crippen LogP contribution < -0.4 is 10.9 Å². The number of H-pyrrole nitrogens is 1. The molecule has 25 heavy (non-hydrogen) atoms. The predicted octanol–water partition coefficient (Wildman–Crippen LogP) is 3.28. The zero-order chi connectivity index (χ0) is 18.0. The number of carbonyl (C=O) groups is 1. The molecule has 0 atom stereocenters. The molecular weight excluding hydrogens is 338 g/mol. The van der Waals surface area contributed by atoms with E-state index in [9.17, 15) is 9.59 Å². The lowest BCUT2D eigenvalue weighted by atomic mass is 9.84. The first kappa shape index (κ1) is 17.2. The number of aromatic amines is 1. The van der Waals surface area contributed by atoms with Gasteiger partial charge in [-0.2, -0.15) is 5.10 Å². The van der Waals surface area contributed by atoms with Gasteiger partial charge in [0.05, 0.1) is 5.39 Å².